The number of fused-ring (bicyclic) bond motifs is 7. The minimum Gasteiger partial charge on any atom is -0.260 e. The number of pyridine rings is 1. The van der Waals surface area contributed by atoms with Crippen molar-refractivity contribution in [1.29, 1.82) is 0 Å². The summed E-state index contributed by atoms with van der Waals surface area (Å²) >= 11 is 0. The number of nitrogens with zero attached hydrogens (tertiary/aromatic N) is 1. The van der Waals surface area contributed by atoms with Crippen molar-refractivity contribution >= 4 is 0 Å². The van der Waals surface area contributed by atoms with Crippen molar-refractivity contribution in [2.24, 2.45) is 0 Å². The number of hydrogen-bond donors (Lipinski definition) is 0. The van der Waals surface area contributed by atoms with E-state index in [1.807, 2.05) is 12.3 Å². The van der Waals surface area contributed by atoms with Gasteiger partial charge in [-0.05, 0) is 90.5 Å². The molecule has 0 fully saturated rings. The molecular weight excluding hydrogens is 530 g/mol. The van der Waals surface area contributed by atoms with Gasteiger partial charge in [-0.25, -0.2) is 0 Å². The highest BCUT2D eigenvalue weighted by atomic mass is 14.7. The van der Waals surface area contributed by atoms with Gasteiger partial charge >= 0.3 is 0 Å². The molecule has 0 aliphatic heterocycles. The van der Waals surface area contributed by atoms with Gasteiger partial charge in [0.05, 0.1) is 11.6 Å². The lowest BCUT2D eigenvalue weighted by molar-refractivity contribution is 0.904. The van der Waals surface area contributed by atoms with E-state index >= 15 is 0 Å². The number of aromatic nitrogens is 1. The van der Waals surface area contributed by atoms with Crippen LogP contribution in [-0.4, -0.2) is 4.98 Å². The predicted molar refractivity (Wildman–Crippen MR) is 181 cm³/mol. The normalized spacial score (nSPS) is 15.7. The van der Waals surface area contributed by atoms with E-state index in [0.29, 0.717) is 0 Å². The summed E-state index contributed by atoms with van der Waals surface area (Å²) < 4.78 is 0. The Morgan fingerprint density at radius 3 is 1.43 bits per heavy atom. The van der Waals surface area contributed by atoms with E-state index in [1.165, 1.54) is 72.3 Å². The van der Waals surface area contributed by atoms with E-state index < -0.39 is 0 Å². The molecule has 6 aromatic carbocycles. The molecule has 2 unspecified atom stereocenters. The van der Waals surface area contributed by atoms with E-state index in [0.717, 1.165) is 5.69 Å². The molecule has 7 aromatic rings. The van der Waals surface area contributed by atoms with Crippen molar-refractivity contribution < 1.29 is 0 Å². The third-order valence-electron chi connectivity index (χ3n) is 9.47. The van der Waals surface area contributed by atoms with Crippen molar-refractivity contribution in [2.45, 2.75) is 11.8 Å². The Hall–Kier alpha value is -5.53. The molecule has 0 bridgehead atoms. The number of rotatable bonds is 4. The maximum atomic E-state index is 4.94. The van der Waals surface area contributed by atoms with Crippen LogP contribution in [0, 0.1) is 0 Å². The Morgan fingerprint density at radius 1 is 0.364 bits per heavy atom. The highest BCUT2D eigenvalue weighted by Crippen LogP contribution is 2.58. The molecule has 0 saturated heterocycles. The minimum absolute atomic E-state index is 0.0834. The molecule has 9 rings (SSSR count). The van der Waals surface area contributed by atoms with E-state index in [4.69, 9.17) is 4.98 Å². The Labute approximate surface area is 258 Å². The van der Waals surface area contributed by atoms with Crippen LogP contribution in [0.15, 0.2) is 164 Å². The maximum Gasteiger partial charge on any atom is 0.0528 e. The smallest absolute Gasteiger partial charge is 0.0528 e. The van der Waals surface area contributed by atoms with Gasteiger partial charge in [0.15, 0.2) is 0 Å². The molecule has 1 aromatic heterocycles. The summed E-state index contributed by atoms with van der Waals surface area (Å²) in [5.74, 6) is 0.183. The van der Waals surface area contributed by atoms with Crippen molar-refractivity contribution in [2.75, 3.05) is 0 Å². The molecule has 2 aliphatic rings. The summed E-state index contributed by atoms with van der Waals surface area (Å²) in [6.45, 7) is 0. The van der Waals surface area contributed by atoms with Gasteiger partial charge in [-0.2, -0.15) is 0 Å². The van der Waals surface area contributed by atoms with Crippen LogP contribution >= 0.6 is 0 Å². The SMILES string of the molecule is c1ccc(-c2cc(-c3ccccc3)cc(C3c4ccccc4-c4ccc5c(c43)C(c3ccccn3)c3ccccc3-5)c2)cc1. The minimum atomic E-state index is 0.0834. The third-order valence-corrected chi connectivity index (χ3v) is 9.47. The van der Waals surface area contributed by atoms with Crippen LogP contribution in [0.2, 0.25) is 0 Å². The topological polar surface area (TPSA) is 12.9 Å². The van der Waals surface area contributed by atoms with E-state index in [2.05, 4.69) is 152 Å². The van der Waals surface area contributed by atoms with Crippen molar-refractivity contribution in [3.05, 3.63) is 197 Å². The maximum absolute atomic E-state index is 4.94. The summed E-state index contributed by atoms with van der Waals surface area (Å²) in [5.41, 5.74) is 18.2. The van der Waals surface area contributed by atoms with Crippen molar-refractivity contribution in [3.63, 3.8) is 0 Å². The molecule has 0 spiro atoms. The van der Waals surface area contributed by atoms with E-state index in [9.17, 15) is 0 Å². The van der Waals surface area contributed by atoms with Crippen LogP contribution < -0.4 is 0 Å². The first kappa shape index (κ1) is 25.0. The second kappa shape index (κ2) is 10.0. The lowest BCUT2D eigenvalue weighted by Crippen LogP contribution is -2.08. The fourth-order valence-electron chi connectivity index (χ4n) is 7.64. The highest BCUT2D eigenvalue weighted by Gasteiger charge is 2.40. The Kier molecular flexibility index (Phi) is 5.70. The van der Waals surface area contributed by atoms with Gasteiger partial charge < -0.3 is 0 Å². The standard InChI is InChI=1S/C43H29N/c1-3-13-28(14-4-1)30-25-31(29-15-5-2-6-16-29)27-32(26-30)40-35-19-9-7-17-33(35)37-22-23-38-34-18-8-10-20-36(34)41(43(38)42(37)40)39-21-11-12-24-44-39/h1-27,40-41H. The van der Waals surface area contributed by atoms with Gasteiger partial charge in [0.25, 0.3) is 0 Å². The van der Waals surface area contributed by atoms with Gasteiger partial charge in [-0.15, -0.1) is 0 Å². The van der Waals surface area contributed by atoms with Gasteiger partial charge in [-0.1, -0.05) is 140 Å². The first-order chi connectivity index (χ1) is 21.8. The molecule has 1 heteroatoms. The number of benzene rings is 6. The van der Waals surface area contributed by atoms with Crippen LogP contribution in [0.4, 0.5) is 0 Å². The average Bonchev–Trinajstić information content (AvgIpc) is 3.62. The molecule has 0 N–H and O–H groups in total. The van der Waals surface area contributed by atoms with Gasteiger partial charge in [0.2, 0.25) is 0 Å². The summed E-state index contributed by atoms with van der Waals surface area (Å²) in [7, 11) is 0. The molecule has 0 amide bonds. The summed E-state index contributed by atoms with van der Waals surface area (Å²) in [6.07, 6.45) is 1.93. The molecule has 2 atom stereocenters. The van der Waals surface area contributed by atoms with E-state index in [1.54, 1.807) is 0 Å². The predicted octanol–water partition coefficient (Wildman–Crippen LogP) is 10.7. The van der Waals surface area contributed by atoms with Gasteiger partial charge in [0, 0.05) is 12.1 Å². The van der Waals surface area contributed by atoms with E-state index in [-0.39, 0.29) is 11.8 Å². The van der Waals surface area contributed by atoms with Crippen LogP contribution in [0.3, 0.4) is 0 Å². The Morgan fingerprint density at radius 2 is 0.864 bits per heavy atom. The summed E-state index contributed by atoms with van der Waals surface area (Å²) in [6, 6.07) is 57.7. The van der Waals surface area contributed by atoms with Crippen molar-refractivity contribution in [1.82, 2.24) is 4.98 Å². The molecular formula is C43H29N. The second-order valence-electron chi connectivity index (χ2n) is 11.9. The van der Waals surface area contributed by atoms with Crippen LogP contribution in [0.25, 0.3) is 44.5 Å². The lowest BCUT2D eigenvalue weighted by Gasteiger charge is -2.23. The zero-order chi connectivity index (χ0) is 29.0. The first-order valence-corrected chi connectivity index (χ1v) is 15.4. The fourth-order valence-corrected chi connectivity index (χ4v) is 7.64. The highest BCUT2D eigenvalue weighted by molar-refractivity contribution is 5.91. The Balaban J connectivity index is 1.35. The Bertz CT molecular complexity index is 2110. The molecule has 44 heavy (non-hydrogen) atoms. The fraction of sp³-hybridized carbons (Fsp3) is 0.0465. The summed E-state index contributed by atoms with van der Waals surface area (Å²) in [4.78, 5) is 4.94. The largest absolute Gasteiger partial charge is 0.260 e. The zero-order valence-corrected chi connectivity index (χ0v) is 24.2. The quantitative estimate of drug-likeness (QED) is 0.209. The molecule has 1 nitrogen and oxygen atoms in total. The molecule has 0 saturated carbocycles. The second-order valence-corrected chi connectivity index (χ2v) is 11.9. The zero-order valence-electron chi connectivity index (χ0n) is 24.2. The van der Waals surface area contributed by atoms with Crippen LogP contribution in [0.5, 0.6) is 0 Å². The molecule has 2 aliphatic carbocycles. The van der Waals surface area contributed by atoms with Crippen LogP contribution in [-0.2, 0) is 0 Å². The summed E-state index contributed by atoms with van der Waals surface area (Å²) in [5, 5.41) is 0. The molecule has 0 radical (unpaired) electrons. The van der Waals surface area contributed by atoms with Gasteiger partial charge in [-0.3, -0.25) is 4.98 Å². The van der Waals surface area contributed by atoms with Gasteiger partial charge in [0.1, 0.15) is 0 Å². The molecule has 1 heterocycles. The lowest BCUT2D eigenvalue weighted by atomic mass is 9.80. The van der Waals surface area contributed by atoms with Crippen molar-refractivity contribution in [3.8, 4) is 44.5 Å². The average molecular weight is 560 g/mol. The molecule has 206 valence electrons. The third kappa shape index (κ3) is 3.83. The first-order valence-electron chi connectivity index (χ1n) is 15.4. The van der Waals surface area contributed by atoms with Crippen LogP contribution in [0.1, 0.15) is 45.3 Å². The number of hydrogen-bond acceptors (Lipinski definition) is 1. The monoisotopic (exact) mass is 559 g/mol.